The van der Waals surface area contributed by atoms with E-state index in [1.807, 2.05) is 30.3 Å². The average Bonchev–Trinajstić information content (AvgIpc) is 2.35. The summed E-state index contributed by atoms with van der Waals surface area (Å²) in [6.07, 6.45) is 4.86. The largest absolute Gasteiger partial charge is 0.466 e. The minimum Gasteiger partial charge on any atom is -0.466 e. The lowest BCUT2D eigenvalue weighted by atomic mass is 10.1. The molecule has 0 saturated heterocycles. The third-order valence-electron chi connectivity index (χ3n) is 2.28. The predicted octanol–water partition coefficient (Wildman–Crippen LogP) is 2.42. The minimum atomic E-state index is -0.360. The van der Waals surface area contributed by atoms with Gasteiger partial charge in [0.1, 0.15) is 0 Å². The van der Waals surface area contributed by atoms with Gasteiger partial charge in [0.2, 0.25) is 0 Å². The number of carbonyl (C=O) groups excluding carboxylic acids is 1. The Morgan fingerprint density at radius 3 is 2.94 bits per heavy atom. The van der Waals surface area contributed by atoms with Gasteiger partial charge in [-0.05, 0) is 23.8 Å². The smallest absolute Gasteiger partial charge is 0.330 e. The van der Waals surface area contributed by atoms with Crippen LogP contribution >= 0.6 is 0 Å². The van der Waals surface area contributed by atoms with Crippen LogP contribution in [0.3, 0.4) is 0 Å². The monoisotopic (exact) mass is 213 g/mol. The standard InChI is InChI=1S/C13H11NO2/c1-16-13(15)7-6-10-8-9-14-12-5-3-2-4-11(10)12/h2-9H,1H3/b7-6-. The molecule has 0 N–H and O–H groups in total. The molecule has 16 heavy (non-hydrogen) atoms. The number of pyridine rings is 1. The summed E-state index contributed by atoms with van der Waals surface area (Å²) in [5.41, 5.74) is 1.87. The van der Waals surface area contributed by atoms with Gasteiger partial charge in [-0.3, -0.25) is 4.98 Å². The molecule has 0 saturated carbocycles. The first-order valence-electron chi connectivity index (χ1n) is 4.91. The van der Waals surface area contributed by atoms with E-state index in [1.165, 1.54) is 13.2 Å². The van der Waals surface area contributed by atoms with Gasteiger partial charge >= 0.3 is 5.97 Å². The number of rotatable bonds is 2. The van der Waals surface area contributed by atoms with Crippen LogP contribution in [0, 0.1) is 0 Å². The molecule has 0 aliphatic carbocycles. The van der Waals surface area contributed by atoms with Crippen LogP contribution in [0.25, 0.3) is 17.0 Å². The molecule has 0 aliphatic rings. The van der Waals surface area contributed by atoms with Gasteiger partial charge in [-0.1, -0.05) is 18.2 Å². The predicted molar refractivity (Wildman–Crippen MR) is 62.8 cm³/mol. The van der Waals surface area contributed by atoms with E-state index in [0.29, 0.717) is 0 Å². The summed E-state index contributed by atoms with van der Waals surface area (Å²) >= 11 is 0. The van der Waals surface area contributed by atoms with Crippen LogP contribution in [0.1, 0.15) is 5.56 Å². The van der Waals surface area contributed by atoms with Crippen LogP contribution in [0.2, 0.25) is 0 Å². The Labute approximate surface area is 93.4 Å². The Balaban J connectivity index is 2.45. The third-order valence-corrected chi connectivity index (χ3v) is 2.28. The summed E-state index contributed by atoms with van der Waals surface area (Å²) in [4.78, 5) is 15.2. The number of nitrogens with zero attached hydrogens (tertiary/aromatic N) is 1. The maximum atomic E-state index is 11.0. The molecule has 0 fully saturated rings. The fourth-order valence-electron chi connectivity index (χ4n) is 1.49. The summed E-state index contributed by atoms with van der Waals surface area (Å²) in [6, 6.07) is 9.65. The molecule has 80 valence electrons. The number of hydrogen-bond donors (Lipinski definition) is 0. The zero-order valence-corrected chi connectivity index (χ0v) is 8.88. The first-order chi connectivity index (χ1) is 7.81. The van der Waals surface area contributed by atoms with E-state index in [9.17, 15) is 4.79 Å². The highest BCUT2D eigenvalue weighted by atomic mass is 16.5. The highest BCUT2D eigenvalue weighted by Crippen LogP contribution is 2.17. The van der Waals surface area contributed by atoms with Crippen molar-refractivity contribution in [3.8, 4) is 0 Å². The molecule has 2 aromatic rings. The van der Waals surface area contributed by atoms with Gasteiger partial charge in [-0.15, -0.1) is 0 Å². The molecule has 0 radical (unpaired) electrons. The maximum Gasteiger partial charge on any atom is 0.330 e. The van der Waals surface area contributed by atoms with Crippen molar-refractivity contribution in [1.29, 1.82) is 0 Å². The second-order valence-electron chi connectivity index (χ2n) is 3.27. The number of aromatic nitrogens is 1. The maximum absolute atomic E-state index is 11.0. The molecule has 0 aliphatic heterocycles. The van der Waals surface area contributed by atoms with Crippen molar-refractivity contribution in [3.63, 3.8) is 0 Å². The highest BCUT2D eigenvalue weighted by molar-refractivity contribution is 5.93. The topological polar surface area (TPSA) is 39.2 Å². The molecule has 3 heteroatoms. The third kappa shape index (κ3) is 2.08. The molecule has 1 aromatic carbocycles. The molecule has 0 unspecified atom stereocenters. The molecule has 3 nitrogen and oxygen atoms in total. The molecular formula is C13H11NO2. The summed E-state index contributed by atoms with van der Waals surface area (Å²) in [5.74, 6) is -0.360. The number of ether oxygens (including phenoxy) is 1. The average molecular weight is 213 g/mol. The molecule has 0 amide bonds. The number of hydrogen-bond acceptors (Lipinski definition) is 3. The minimum absolute atomic E-state index is 0.360. The van der Waals surface area contributed by atoms with Crippen molar-refractivity contribution < 1.29 is 9.53 Å². The van der Waals surface area contributed by atoms with Gasteiger partial charge in [-0.25, -0.2) is 4.79 Å². The molecule has 0 bridgehead atoms. The zero-order valence-electron chi connectivity index (χ0n) is 8.88. The first kappa shape index (κ1) is 10.4. The Morgan fingerprint density at radius 1 is 1.31 bits per heavy atom. The summed E-state index contributed by atoms with van der Waals surface area (Å²) in [6.45, 7) is 0. The van der Waals surface area contributed by atoms with Gasteiger partial charge in [0.15, 0.2) is 0 Å². The van der Waals surface area contributed by atoms with E-state index >= 15 is 0 Å². The molecular weight excluding hydrogens is 202 g/mol. The van der Waals surface area contributed by atoms with E-state index in [1.54, 1.807) is 12.3 Å². The van der Waals surface area contributed by atoms with Crippen molar-refractivity contribution in [2.24, 2.45) is 0 Å². The van der Waals surface area contributed by atoms with Gasteiger partial charge in [0, 0.05) is 17.7 Å². The number of fused-ring (bicyclic) bond motifs is 1. The molecule has 0 spiro atoms. The van der Waals surface area contributed by atoms with Crippen molar-refractivity contribution in [3.05, 3.63) is 48.2 Å². The summed E-state index contributed by atoms with van der Waals surface area (Å²) in [7, 11) is 1.36. The SMILES string of the molecule is COC(=O)/C=C\c1ccnc2ccccc12. The number of benzene rings is 1. The van der Waals surface area contributed by atoms with Gasteiger partial charge in [-0.2, -0.15) is 0 Å². The number of para-hydroxylation sites is 1. The second kappa shape index (κ2) is 4.57. The lowest BCUT2D eigenvalue weighted by molar-refractivity contribution is -0.134. The van der Waals surface area contributed by atoms with Crippen molar-refractivity contribution in [2.45, 2.75) is 0 Å². The lowest BCUT2D eigenvalue weighted by Gasteiger charge is -2.00. The Kier molecular flexibility index (Phi) is 2.96. The fraction of sp³-hybridized carbons (Fsp3) is 0.0769. The van der Waals surface area contributed by atoms with Crippen LogP contribution in [0.5, 0.6) is 0 Å². The lowest BCUT2D eigenvalue weighted by Crippen LogP contribution is -1.93. The van der Waals surface area contributed by atoms with E-state index in [0.717, 1.165) is 16.5 Å². The summed E-state index contributed by atoms with van der Waals surface area (Å²) in [5, 5.41) is 1.02. The van der Waals surface area contributed by atoms with E-state index in [-0.39, 0.29) is 5.97 Å². The molecule has 1 heterocycles. The van der Waals surface area contributed by atoms with Crippen molar-refractivity contribution in [2.75, 3.05) is 7.11 Å². The molecule has 1 aromatic heterocycles. The van der Waals surface area contributed by atoms with Crippen molar-refractivity contribution >= 4 is 22.9 Å². The number of carbonyl (C=O) groups is 1. The fourth-order valence-corrected chi connectivity index (χ4v) is 1.49. The second-order valence-corrected chi connectivity index (χ2v) is 3.27. The van der Waals surface area contributed by atoms with Crippen LogP contribution in [-0.4, -0.2) is 18.1 Å². The summed E-state index contributed by atoms with van der Waals surface area (Å²) < 4.78 is 4.54. The van der Waals surface area contributed by atoms with Crippen molar-refractivity contribution in [1.82, 2.24) is 4.98 Å². The quantitative estimate of drug-likeness (QED) is 0.568. The molecule has 2 rings (SSSR count). The van der Waals surface area contributed by atoms with Crippen LogP contribution < -0.4 is 0 Å². The number of methoxy groups -OCH3 is 1. The van der Waals surface area contributed by atoms with Crippen LogP contribution in [0.15, 0.2) is 42.6 Å². The Hall–Kier alpha value is -2.16. The zero-order chi connectivity index (χ0) is 11.4. The van der Waals surface area contributed by atoms with Crippen LogP contribution in [-0.2, 0) is 9.53 Å². The van der Waals surface area contributed by atoms with Gasteiger partial charge in [0.25, 0.3) is 0 Å². The Bertz CT molecular complexity index is 541. The Morgan fingerprint density at radius 2 is 2.12 bits per heavy atom. The normalized spacial score (nSPS) is 10.8. The van der Waals surface area contributed by atoms with E-state index in [4.69, 9.17) is 0 Å². The number of esters is 1. The van der Waals surface area contributed by atoms with Gasteiger partial charge < -0.3 is 4.74 Å². The highest BCUT2D eigenvalue weighted by Gasteiger charge is 1.98. The van der Waals surface area contributed by atoms with E-state index in [2.05, 4.69) is 9.72 Å². The van der Waals surface area contributed by atoms with E-state index < -0.39 is 0 Å². The first-order valence-corrected chi connectivity index (χ1v) is 4.91. The molecule has 0 atom stereocenters. The van der Waals surface area contributed by atoms with Gasteiger partial charge in [0.05, 0.1) is 12.6 Å². The van der Waals surface area contributed by atoms with Crippen LogP contribution in [0.4, 0.5) is 0 Å².